The minimum Gasteiger partial charge on any atom is -0.481 e. The number of hydrogen-bond donors (Lipinski definition) is 2. The zero-order valence-electron chi connectivity index (χ0n) is 11.0. The van der Waals surface area contributed by atoms with Gasteiger partial charge in [0.05, 0.1) is 6.42 Å². The number of carboxylic acids is 1. The van der Waals surface area contributed by atoms with Crippen molar-refractivity contribution in [2.75, 3.05) is 13.1 Å². The zero-order valence-corrected chi connectivity index (χ0v) is 11.8. The van der Waals surface area contributed by atoms with Gasteiger partial charge in [0.1, 0.15) is 0 Å². The lowest BCUT2D eigenvalue weighted by Crippen LogP contribution is -2.32. The van der Waals surface area contributed by atoms with Gasteiger partial charge in [0.15, 0.2) is 0 Å². The zero-order chi connectivity index (χ0) is 13.2. The fourth-order valence-corrected chi connectivity index (χ4v) is 3.69. The van der Waals surface area contributed by atoms with Crippen LogP contribution >= 0.6 is 11.3 Å². The molecule has 104 valence electrons. The summed E-state index contributed by atoms with van der Waals surface area (Å²) in [6.07, 6.45) is 4.15. The average Bonchev–Trinajstić information content (AvgIpc) is 2.95. The third kappa shape index (κ3) is 3.55. The minimum absolute atomic E-state index is 0.142. The van der Waals surface area contributed by atoms with E-state index in [-0.39, 0.29) is 6.42 Å². The SMILES string of the molecule is O=C(O)Cc1ccc(CNC2CCN(C3CC3)C2)s1. The molecule has 4 nitrogen and oxygen atoms in total. The Hall–Kier alpha value is -0.910. The molecule has 0 bridgehead atoms. The third-order valence-electron chi connectivity index (χ3n) is 3.89. The molecule has 19 heavy (non-hydrogen) atoms. The highest BCUT2D eigenvalue weighted by Crippen LogP contribution is 2.29. The summed E-state index contributed by atoms with van der Waals surface area (Å²) >= 11 is 1.61. The van der Waals surface area contributed by atoms with Crippen molar-refractivity contribution in [3.63, 3.8) is 0 Å². The molecule has 2 heterocycles. The Morgan fingerprint density at radius 1 is 1.37 bits per heavy atom. The maximum atomic E-state index is 10.6. The van der Waals surface area contributed by atoms with Gasteiger partial charge in [-0.15, -0.1) is 11.3 Å². The number of rotatable bonds is 6. The normalized spacial score (nSPS) is 23.9. The molecule has 1 unspecified atom stereocenters. The minimum atomic E-state index is -0.753. The van der Waals surface area contributed by atoms with E-state index in [9.17, 15) is 4.79 Å². The second-order valence-electron chi connectivity index (χ2n) is 5.53. The van der Waals surface area contributed by atoms with E-state index in [1.807, 2.05) is 12.1 Å². The van der Waals surface area contributed by atoms with Crippen molar-refractivity contribution < 1.29 is 9.90 Å². The molecule has 1 aliphatic heterocycles. The molecule has 3 rings (SSSR count). The molecule has 1 saturated heterocycles. The van der Waals surface area contributed by atoms with Crippen molar-refractivity contribution >= 4 is 17.3 Å². The first kappa shape index (κ1) is 13.1. The first-order valence-electron chi connectivity index (χ1n) is 6.97. The second kappa shape index (κ2) is 5.61. The molecule has 1 aromatic rings. The monoisotopic (exact) mass is 280 g/mol. The highest BCUT2D eigenvalue weighted by molar-refractivity contribution is 7.12. The summed E-state index contributed by atoms with van der Waals surface area (Å²) in [6.45, 7) is 3.28. The van der Waals surface area contributed by atoms with E-state index >= 15 is 0 Å². The smallest absolute Gasteiger partial charge is 0.308 e. The van der Waals surface area contributed by atoms with Gasteiger partial charge >= 0.3 is 5.97 Å². The number of carbonyl (C=O) groups is 1. The summed E-state index contributed by atoms with van der Waals surface area (Å²) in [5, 5.41) is 12.3. The van der Waals surface area contributed by atoms with Crippen molar-refractivity contribution in [3.05, 3.63) is 21.9 Å². The van der Waals surface area contributed by atoms with Gasteiger partial charge in [0.2, 0.25) is 0 Å². The maximum absolute atomic E-state index is 10.6. The first-order valence-corrected chi connectivity index (χ1v) is 7.79. The fourth-order valence-electron chi connectivity index (χ4n) is 2.73. The number of thiophene rings is 1. The van der Waals surface area contributed by atoms with Gasteiger partial charge in [-0.1, -0.05) is 0 Å². The lowest BCUT2D eigenvalue weighted by molar-refractivity contribution is -0.136. The van der Waals surface area contributed by atoms with E-state index in [2.05, 4.69) is 10.2 Å². The Labute approximate surface area is 117 Å². The molecule has 2 aliphatic rings. The van der Waals surface area contributed by atoms with Crippen LogP contribution in [0.15, 0.2) is 12.1 Å². The van der Waals surface area contributed by atoms with Crippen molar-refractivity contribution in [3.8, 4) is 0 Å². The average molecular weight is 280 g/mol. The number of nitrogens with one attached hydrogen (secondary N) is 1. The topological polar surface area (TPSA) is 52.6 Å². The van der Waals surface area contributed by atoms with E-state index < -0.39 is 5.97 Å². The molecule has 1 aromatic heterocycles. The van der Waals surface area contributed by atoms with E-state index in [4.69, 9.17) is 5.11 Å². The van der Waals surface area contributed by atoms with Crippen LogP contribution in [0.25, 0.3) is 0 Å². The van der Waals surface area contributed by atoms with E-state index in [0.29, 0.717) is 6.04 Å². The molecule has 1 saturated carbocycles. The number of nitrogens with zero attached hydrogens (tertiary/aromatic N) is 1. The highest BCUT2D eigenvalue weighted by atomic mass is 32.1. The molecule has 1 aliphatic carbocycles. The molecule has 0 radical (unpaired) electrons. The number of likely N-dealkylation sites (tertiary alicyclic amines) is 1. The second-order valence-corrected chi connectivity index (χ2v) is 6.78. The van der Waals surface area contributed by atoms with Gasteiger partial charge in [-0.3, -0.25) is 9.69 Å². The summed E-state index contributed by atoms with van der Waals surface area (Å²) in [7, 11) is 0. The maximum Gasteiger partial charge on any atom is 0.308 e. The van der Waals surface area contributed by atoms with Crippen LogP contribution in [0.2, 0.25) is 0 Å². The molecule has 2 N–H and O–H groups in total. The number of hydrogen-bond acceptors (Lipinski definition) is 4. The Bertz CT molecular complexity index is 456. The molecule has 2 fully saturated rings. The van der Waals surface area contributed by atoms with Gasteiger partial charge in [0, 0.05) is 41.5 Å². The van der Waals surface area contributed by atoms with Crippen LogP contribution in [0.3, 0.4) is 0 Å². The van der Waals surface area contributed by atoms with Crippen LogP contribution < -0.4 is 5.32 Å². The lowest BCUT2D eigenvalue weighted by Gasteiger charge is -2.15. The lowest BCUT2D eigenvalue weighted by atomic mass is 10.2. The van der Waals surface area contributed by atoms with E-state index in [1.165, 1.54) is 37.2 Å². The van der Waals surface area contributed by atoms with Gasteiger partial charge in [-0.05, 0) is 31.4 Å². The van der Waals surface area contributed by atoms with Crippen molar-refractivity contribution in [1.29, 1.82) is 0 Å². The Morgan fingerprint density at radius 3 is 2.89 bits per heavy atom. The van der Waals surface area contributed by atoms with Crippen molar-refractivity contribution in [2.24, 2.45) is 0 Å². The number of carboxylic acid groups (broad SMARTS) is 1. The van der Waals surface area contributed by atoms with Crippen molar-refractivity contribution in [2.45, 2.75) is 44.3 Å². The summed E-state index contributed by atoms with van der Waals surface area (Å²) in [5.74, 6) is -0.753. The van der Waals surface area contributed by atoms with Crippen LogP contribution in [0.1, 0.15) is 29.0 Å². The van der Waals surface area contributed by atoms with Gasteiger partial charge in [-0.2, -0.15) is 0 Å². The van der Waals surface area contributed by atoms with Crippen LogP contribution in [-0.4, -0.2) is 41.1 Å². The van der Waals surface area contributed by atoms with Gasteiger partial charge < -0.3 is 10.4 Å². The predicted molar refractivity (Wildman–Crippen MR) is 75.5 cm³/mol. The summed E-state index contributed by atoms with van der Waals surface area (Å²) in [4.78, 5) is 15.4. The van der Waals surface area contributed by atoms with Crippen LogP contribution in [-0.2, 0) is 17.8 Å². The van der Waals surface area contributed by atoms with E-state index in [1.54, 1.807) is 11.3 Å². The first-order chi connectivity index (χ1) is 9.20. The summed E-state index contributed by atoms with van der Waals surface area (Å²) in [6, 6.07) is 5.45. The van der Waals surface area contributed by atoms with E-state index in [0.717, 1.165) is 17.5 Å². The largest absolute Gasteiger partial charge is 0.481 e. The van der Waals surface area contributed by atoms with Crippen LogP contribution in [0.4, 0.5) is 0 Å². The van der Waals surface area contributed by atoms with Crippen molar-refractivity contribution in [1.82, 2.24) is 10.2 Å². The highest BCUT2D eigenvalue weighted by Gasteiger charge is 2.34. The summed E-state index contributed by atoms with van der Waals surface area (Å²) < 4.78 is 0. The molecular formula is C14H20N2O2S. The quantitative estimate of drug-likeness (QED) is 0.833. The molecule has 0 aromatic carbocycles. The van der Waals surface area contributed by atoms with Gasteiger partial charge in [-0.25, -0.2) is 0 Å². The number of aliphatic carboxylic acids is 1. The standard InChI is InChI=1S/C14H20N2O2S/c17-14(18)7-12-3-4-13(19-12)8-15-10-5-6-16(9-10)11-1-2-11/h3-4,10-11,15H,1-2,5-9H2,(H,17,18). The third-order valence-corrected chi connectivity index (χ3v) is 4.98. The Morgan fingerprint density at radius 2 is 2.16 bits per heavy atom. The van der Waals surface area contributed by atoms with Gasteiger partial charge in [0.25, 0.3) is 0 Å². The molecular weight excluding hydrogens is 260 g/mol. The predicted octanol–water partition coefficient (Wildman–Crippen LogP) is 1.70. The Balaban J connectivity index is 1.44. The van der Waals surface area contributed by atoms with Crippen LogP contribution in [0, 0.1) is 0 Å². The van der Waals surface area contributed by atoms with Crippen LogP contribution in [0.5, 0.6) is 0 Å². The molecule has 5 heteroatoms. The fraction of sp³-hybridized carbons (Fsp3) is 0.643. The molecule has 0 amide bonds. The summed E-state index contributed by atoms with van der Waals surface area (Å²) in [5.41, 5.74) is 0. The Kier molecular flexibility index (Phi) is 3.86. The molecule has 0 spiro atoms. The molecule has 1 atom stereocenters.